The molecule has 0 saturated heterocycles. The molecule has 1 aliphatic rings. The molecule has 0 unspecified atom stereocenters. The van der Waals surface area contributed by atoms with Crippen LogP contribution in [0.4, 0.5) is 0 Å². The zero-order valence-corrected chi connectivity index (χ0v) is 16.9. The molecular formula is C20H28O4S2. The summed E-state index contributed by atoms with van der Waals surface area (Å²) in [5, 5.41) is 0. The number of carbonyl (C=O) groups is 2. The van der Waals surface area contributed by atoms with Crippen molar-refractivity contribution >= 4 is 33.5 Å². The highest BCUT2D eigenvalue weighted by Crippen LogP contribution is 2.24. The molecule has 0 aromatic heterocycles. The summed E-state index contributed by atoms with van der Waals surface area (Å²) in [7, 11) is 3.92. The first-order chi connectivity index (χ1) is 12.8. The molecule has 0 amide bonds. The second kappa shape index (κ2) is 13.1. The Bertz CT molecular complexity index is 513. The zero-order valence-electron chi connectivity index (χ0n) is 15.2. The Morgan fingerprint density at radius 1 is 0.615 bits per heavy atom. The maximum atomic E-state index is 12.3. The first-order valence-electron chi connectivity index (χ1n) is 9.47. The van der Waals surface area contributed by atoms with Gasteiger partial charge in [-0.05, 0) is 37.8 Å². The Morgan fingerprint density at radius 3 is 1.50 bits per heavy atom. The highest BCUT2D eigenvalue weighted by atomic mass is 33.1. The average molecular weight is 397 g/mol. The highest BCUT2D eigenvalue weighted by Gasteiger charge is 2.18. The van der Waals surface area contributed by atoms with E-state index in [1.54, 1.807) is 24.3 Å². The lowest BCUT2D eigenvalue weighted by Gasteiger charge is -2.10. The number of carbonyl (C=O) groups excluding carboxylic acids is 2. The standard InChI is InChI=1S/C20H28O4S2/c21-19-17-11-5-6-12-18(17)20(22)24-14-8-2-4-10-16-26-25-15-9-3-1-7-13-23-19/h5-6,11-12H,1-4,7-10,13-16H2. The van der Waals surface area contributed by atoms with Gasteiger partial charge in [0, 0.05) is 11.5 Å². The van der Waals surface area contributed by atoms with Gasteiger partial charge in [0.05, 0.1) is 24.3 Å². The van der Waals surface area contributed by atoms with Gasteiger partial charge in [0.15, 0.2) is 0 Å². The molecule has 0 saturated carbocycles. The number of esters is 2. The molecule has 1 aromatic rings. The third kappa shape index (κ3) is 8.04. The van der Waals surface area contributed by atoms with E-state index in [-0.39, 0.29) is 0 Å². The van der Waals surface area contributed by atoms with Gasteiger partial charge in [0.1, 0.15) is 0 Å². The SMILES string of the molecule is O=C1OCCCCCCSSCCCCCCOC(=O)c2ccccc21. The van der Waals surface area contributed by atoms with Gasteiger partial charge >= 0.3 is 11.9 Å². The molecule has 0 radical (unpaired) electrons. The van der Waals surface area contributed by atoms with Crippen molar-refractivity contribution in [1.82, 2.24) is 0 Å². The average Bonchev–Trinajstić information content (AvgIpc) is 2.66. The monoisotopic (exact) mass is 396 g/mol. The molecule has 1 aliphatic heterocycles. The first kappa shape index (κ1) is 21.2. The minimum Gasteiger partial charge on any atom is -0.462 e. The summed E-state index contributed by atoms with van der Waals surface area (Å²) in [6.45, 7) is 0.786. The van der Waals surface area contributed by atoms with Gasteiger partial charge in [-0.3, -0.25) is 0 Å². The zero-order chi connectivity index (χ0) is 18.5. The number of hydrogen-bond donors (Lipinski definition) is 0. The Morgan fingerprint density at radius 2 is 1.04 bits per heavy atom. The van der Waals surface area contributed by atoms with Crippen LogP contribution in [-0.4, -0.2) is 36.7 Å². The molecule has 2 rings (SSSR count). The summed E-state index contributed by atoms with van der Waals surface area (Å²) < 4.78 is 10.7. The van der Waals surface area contributed by atoms with Crippen molar-refractivity contribution in [1.29, 1.82) is 0 Å². The molecular weight excluding hydrogens is 368 g/mol. The van der Waals surface area contributed by atoms with E-state index in [1.165, 1.54) is 24.3 Å². The lowest BCUT2D eigenvalue weighted by molar-refractivity contribution is 0.0450. The van der Waals surface area contributed by atoms with E-state index in [9.17, 15) is 9.59 Å². The number of hydrogen-bond acceptors (Lipinski definition) is 6. The minimum absolute atomic E-state index is 0.292. The van der Waals surface area contributed by atoms with Gasteiger partial charge in [-0.15, -0.1) is 0 Å². The predicted molar refractivity (Wildman–Crippen MR) is 109 cm³/mol. The molecule has 0 spiro atoms. The molecule has 0 atom stereocenters. The topological polar surface area (TPSA) is 52.6 Å². The Kier molecular flexibility index (Phi) is 10.7. The summed E-state index contributed by atoms with van der Waals surface area (Å²) >= 11 is 0. The van der Waals surface area contributed by atoms with Gasteiger partial charge in [-0.1, -0.05) is 59.4 Å². The van der Waals surface area contributed by atoms with Crippen molar-refractivity contribution in [3.05, 3.63) is 35.4 Å². The maximum Gasteiger partial charge on any atom is 0.339 e. The van der Waals surface area contributed by atoms with Crippen molar-refractivity contribution < 1.29 is 19.1 Å². The van der Waals surface area contributed by atoms with Crippen LogP contribution in [0.2, 0.25) is 0 Å². The van der Waals surface area contributed by atoms with Gasteiger partial charge in [-0.25, -0.2) is 9.59 Å². The third-order valence-electron chi connectivity index (χ3n) is 4.16. The Labute approximate surface area is 164 Å². The normalized spacial score (nSPS) is 19.7. The van der Waals surface area contributed by atoms with Crippen molar-refractivity contribution in [2.24, 2.45) is 0 Å². The fraction of sp³-hybridized carbons (Fsp3) is 0.600. The van der Waals surface area contributed by atoms with E-state index < -0.39 is 11.9 Å². The van der Waals surface area contributed by atoms with Gasteiger partial charge < -0.3 is 9.47 Å². The molecule has 6 heteroatoms. The molecule has 144 valence electrons. The van der Waals surface area contributed by atoms with E-state index in [0.717, 1.165) is 38.5 Å². The molecule has 0 N–H and O–H groups in total. The van der Waals surface area contributed by atoms with Crippen LogP contribution < -0.4 is 0 Å². The van der Waals surface area contributed by atoms with E-state index in [1.807, 2.05) is 21.6 Å². The third-order valence-corrected chi connectivity index (χ3v) is 6.74. The van der Waals surface area contributed by atoms with Crippen molar-refractivity contribution in [3.63, 3.8) is 0 Å². The second-order valence-electron chi connectivity index (χ2n) is 6.29. The van der Waals surface area contributed by atoms with Crippen LogP contribution in [0.1, 0.15) is 72.1 Å². The summed E-state index contributed by atoms with van der Waals surface area (Å²) in [5.41, 5.74) is 0.584. The van der Waals surface area contributed by atoms with Crippen molar-refractivity contribution in [2.45, 2.75) is 51.4 Å². The second-order valence-corrected chi connectivity index (χ2v) is 8.99. The van der Waals surface area contributed by atoms with Gasteiger partial charge in [-0.2, -0.15) is 0 Å². The molecule has 4 nitrogen and oxygen atoms in total. The van der Waals surface area contributed by atoms with Crippen LogP contribution in [0.3, 0.4) is 0 Å². The molecule has 0 bridgehead atoms. The quantitative estimate of drug-likeness (QED) is 0.425. The predicted octanol–water partition coefficient (Wildman–Crippen LogP) is 5.52. The molecule has 26 heavy (non-hydrogen) atoms. The fourth-order valence-electron chi connectivity index (χ4n) is 2.68. The molecule has 0 fully saturated rings. The molecule has 1 heterocycles. The van der Waals surface area contributed by atoms with Crippen LogP contribution in [-0.2, 0) is 9.47 Å². The number of ether oxygens (including phenoxy) is 2. The smallest absolute Gasteiger partial charge is 0.339 e. The molecule has 0 aliphatic carbocycles. The van der Waals surface area contributed by atoms with Crippen LogP contribution >= 0.6 is 21.6 Å². The Balaban J connectivity index is 1.91. The summed E-state index contributed by atoms with van der Waals surface area (Å²) in [4.78, 5) is 24.6. The van der Waals surface area contributed by atoms with Crippen LogP contribution in [0, 0.1) is 0 Å². The van der Waals surface area contributed by atoms with Crippen LogP contribution in [0.25, 0.3) is 0 Å². The van der Waals surface area contributed by atoms with E-state index in [4.69, 9.17) is 9.47 Å². The lowest BCUT2D eigenvalue weighted by Crippen LogP contribution is -2.15. The van der Waals surface area contributed by atoms with Crippen molar-refractivity contribution in [2.75, 3.05) is 24.7 Å². The largest absolute Gasteiger partial charge is 0.462 e. The van der Waals surface area contributed by atoms with E-state index in [2.05, 4.69) is 0 Å². The minimum atomic E-state index is -0.445. The van der Waals surface area contributed by atoms with Crippen molar-refractivity contribution in [3.8, 4) is 0 Å². The highest BCUT2D eigenvalue weighted by molar-refractivity contribution is 8.76. The van der Waals surface area contributed by atoms with Gasteiger partial charge in [0.2, 0.25) is 0 Å². The fourth-order valence-corrected chi connectivity index (χ4v) is 4.97. The summed E-state index contributed by atoms with van der Waals surface area (Å²) in [6.07, 6.45) is 8.57. The van der Waals surface area contributed by atoms with E-state index >= 15 is 0 Å². The number of fused-ring (bicyclic) bond motifs is 1. The number of rotatable bonds is 0. The van der Waals surface area contributed by atoms with E-state index in [0.29, 0.717) is 24.3 Å². The lowest BCUT2D eigenvalue weighted by atomic mass is 10.1. The van der Waals surface area contributed by atoms with Crippen LogP contribution in [0.15, 0.2) is 24.3 Å². The maximum absolute atomic E-state index is 12.3. The summed E-state index contributed by atoms with van der Waals surface area (Å²) in [5.74, 6) is 1.49. The summed E-state index contributed by atoms with van der Waals surface area (Å²) in [6, 6.07) is 6.72. The Hall–Kier alpha value is -1.14. The number of cyclic esters (lactones) is 2. The van der Waals surface area contributed by atoms with Crippen LogP contribution in [0.5, 0.6) is 0 Å². The first-order valence-corrected chi connectivity index (χ1v) is 12.0. The van der Waals surface area contributed by atoms with Gasteiger partial charge in [0.25, 0.3) is 0 Å². The molecule has 1 aromatic carbocycles. The number of benzene rings is 1.